The summed E-state index contributed by atoms with van der Waals surface area (Å²) < 4.78 is 11.6. The Morgan fingerprint density at radius 2 is 1.77 bits per heavy atom. The van der Waals surface area contributed by atoms with E-state index in [0.29, 0.717) is 40.3 Å². The molecule has 0 aliphatic heterocycles. The monoisotopic (exact) mass is 442 g/mol. The van der Waals surface area contributed by atoms with Gasteiger partial charge in [-0.05, 0) is 61.0 Å². The summed E-state index contributed by atoms with van der Waals surface area (Å²) in [4.78, 5) is 12.1. The van der Waals surface area contributed by atoms with Crippen molar-refractivity contribution in [2.75, 3.05) is 6.61 Å². The van der Waals surface area contributed by atoms with Gasteiger partial charge in [-0.1, -0.05) is 41.4 Å². The average Bonchev–Trinajstić information content (AvgIpc) is 2.75. The Morgan fingerprint density at radius 1 is 1.00 bits per heavy atom. The minimum atomic E-state index is -0.326. The highest BCUT2D eigenvalue weighted by molar-refractivity contribution is 6.31. The van der Waals surface area contributed by atoms with Crippen LogP contribution in [-0.4, -0.2) is 18.7 Å². The summed E-state index contributed by atoms with van der Waals surface area (Å²) in [7, 11) is 0. The van der Waals surface area contributed by atoms with Gasteiger partial charge in [0.05, 0.1) is 12.8 Å². The third kappa shape index (κ3) is 5.99. The molecule has 0 unspecified atom stereocenters. The van der Waals surface area contributed by atoms with Crippen LogP contribution in [0.4, 0.5) is 0 Å². The number of nitrogens with one attached hydrogen (secondary N) is 1. The minimum Gasteiger partial charge on any atom is -0.490 e. The zero-order valence-electron chi connectivity index (χ0n) is 16.3. The molecule has 30 heavy (non-hydrogen) atoms. The summed E-state index contributed by atoms with van der Waals surface area (Å²) in [6.45, 7) is 2.70. The van der Waals surface area contributed by atoms with Crippen molar-refractivity contribution in [2.24, 2.45) is 5.10 Å². The third-order valence-corrected chi connectivity index (χ3v) is 4.72. The Balaban J connectivity index is 1.66. The number of hydrazone groups is 1. The number of carbonyl (C=O) groups is 1. The number of hydrogen-bond donors (Lipinski definition) is 1. The van der Waals surface area contributed by atoms with Gasteiger partial charge in [0, 0.05) is 21.2 Å². The van der Waals surface area contributed by atoms with Crippen LogP contribution >= 0.6 is 23.2 Å². The molecule has 0 heterocycles. The van der Waals surface area contributed by atoms with Gasteiger partial charge in [-0.2, -0.15) is 5.10 Å². The van der Waals surface area contributed by atoms with Crippen LogP contribution in [0.3, 0.4) is 0 Å². The van der Waals surface area contributed by atoms with Crippen molar-refractivity contribution in [1.29, 1.82) is 0 Å². The summed E-state index contributed by atoms with van der Waals surface area (Å²) in [5.74, 6) is 0.851. The molecule has 154 valence electrons. The van der Waals surface area contributed by atoms with Gasteiger partial charge in [0.25, 0.3) is 5.91 Å². The maximum Gasteiger partial charge on any atom is 0.271 e. The molecule has 3 aromatic rings. The molecule has 0 radical (unpaired) electrons. The zero-order chi connectivity index (χ0) is 21.3. The number of ether oxygens (including phenoxy) is 2. The molecule has 0 aliphatic rings. The fourth-order valence-electron chi connectivity index (χ4n) is 2.59. The second-order valence-electron chi connectivity index (χ2n) is 6.23. The maximum atomic E-state index is 12.1. The van der Waals surface area contributed by atoms with E-state index in [-0.39, 0.29) is 5.91 Å². The Morgan fingerprint density at radius 3 is 2.50 bits per heavy atom. The van der Waals surface area contributed by atoms with Crippen LogP contribution in [0.2, 0.25) is 10.0 Å². The van der Waals surface area contributed by atoms with Crippen LogP contribution in [0.15, 0.2) is 71.8 Å². The molecule has 0 aromatic heterocycles. The molecule has 0 spiro atoms. The van der Waals surface area contributed by atoms with Crippen molar-refractivity contribution >= 4 is 35.3 Å². The Kier molecular flexibility index (Phi) is 7.71. The van der Waals surface area contributed by atoms with Crippen molar-refractivity contribution in [2.45, 2.75) is 13.5 Å². The fraction of sp³-hybridized carbons (Fsp3) is 0.130. The van der Waals surface area contributed by atoms with Crippen LogP contribution in [0, 0.1) is 0 Å². The van der Waals surface area contributed by atoms with Gasteiger partial charge in [-0.25, -0.2) is 5.43 Å². The topological polar surface area (TPSA) is 59.9 Å². The Bertz CT molecular complexity index is 1040. The van der Waals surface area contributed by atoms with Gasteiger partial charge in [0.15, 0.2) is 11.5 Å². The van der Waals surface area contributed by atoms with Crippen molar-refractivity contribution in [3.63, 3.8) is 0 Å². The van der Waals surface area contributed by atoms with E-state index >= 15 is 0 Å². The number of amides is 1. The molecule has 5 nitrogen and oxygen atoms in total. The summed E-state index contributed by atoms with van der Waals surface area (Å²) in [5, 5.41) is 5.22. The SMILES string of the molecule is CCOc1cc(/C=N\NC(=O)c2ccc(Cl)cc2)ccc1OCc1ccccc1Cl. The second kappa shape index (κ2) is 10.7. The smallest absolute Gasteiger partial charge is 0.271 e. The van der Waals surface area contributed by atoms with Crippen molar-refractivity contribution < 1.29 is 14.3 Å². The molecule has 3 aromatic carbocycles. The first kappa shape index (κ1) is 21.7. The highest BCUT2D eigenvalue weighted by Crippen LogP contribution is 2.29. The van der Waals surface area contributed by atoms with Crippen molar-refractivity contribution in [3.8, 4) is 11.5 Å². The van der Waals surface area contributed by atoms with Crippen LogP contribution in [0.5, 0.6) is 11.5 Å². The standard InChI is InChI=1S/C23H20Cl2N2O3/c1-2-29-22-13-16(14-26-27-23(28)17-8-10-19(24)11-9-17)7-12-21(22)30-15-18-5-3-4-6-20(18)25/h3-14H,2,15H2,1H3,(H,27,28)/b26-14-. The number of rotatable bonds is 8. The highest BCUT2D eigenvalue weighted by Gasteiger charge is 2.08. The molecule has 0 atom stereocenters. The zero-order valence-corrected chi connectivity index (χ0v) is 17.8. The lowest BCUT2D eigenvalue weighted by molar-refractivity contribution is 0.0955. The first-order valence-corrected chi connectivity index (χ1v) is 10.0. The molecule has 7 heteroatoms. The third-order valence-electron chi connectivity index (χ3n) is 4.09. The molecule has 1 N–H and O–H groups in total. The van der Waals surface area contributed by atoms with E-state index < -0.39 is 0 Å². The Labute approximate surface area is 185 Å². The van der Waals surface area contributed by atoms with Crippen molar-refractivity contribution in [1.82, 2.24) is 5.43 Å². The molecule has 0 fully saturated rings. The first-order chi connectivity index (χ1) is 14.6. The predicted octanol–water partition coefficient (Wildman–Crippen LogP) is 5.74. The first-order valence-electron chi connectivity index (χ1n) is 9.29. The Hall–Kier alpha value is -3.02. The quantitative estimate of drug-likeness (QED) is 0.357. The van der Waals surface area contributed by atoms with Crippen molar-refractivity contribution in [3.05, 3.63) is 93.5 Å². The maximum absolute atomic E-state index is 12.1. The lowest BCUT2D eigenvalue weighted by Gasteiger charge is -2.13. The van der Waals surface area contributed by atoms with Gasteiger partial charge in [0.1, 0.15) is 6.61 Å². The number of halogens is 2. The van der Waals surface area contributed by atoms with Crippen LogP contribution in [-0.2, 0) is 6.61 Å². The van der Waals surface area contributed by atoms with Crippen LogP contribution in [0.1, 0.15) is 28.4 Å². The van der Waals surface area contributed by atoms with Gasteiger partial charge < -0.3 is 9.47 Å². The highest BCUT2D eigenvalue weighted by atomic mass is 35.5. The van der Waals surface area contributed by atoms with Gasteiger partial charge in [0.2, 0.25) is 0 Å². The summed E-state index contributed by atoms with van der Waals surface area (Å²) in [5.41, 5.74) is 4.59. The molecular weight excluding hydrogens is 423 g/mol. The average molecular weight is 443 g/mol. The molecular formula is C23H20Cl2N2O3. The van der Waals surface area contributed by atoms with E-state index in [1.165, 1.54) is 6.21 Å². The van der Waals surface area contributed by atoms with Gasteiger partial charge in [-0.3, -0.25) is 4.79 Å². The predicted molar refractivity (Wildman–Crippen MR) is 120 cm³/mol. The van der Waals surface area contributed by atoms with Gasteiger partial charge >= 0.3 is 0 Å². The number of carbonyl (C=O) groups excluding carboxylic acids is 1. The van der Waals surface area contributed by atoms with E-state index in [9.17, 15) is 4.79 Å². The molecule has 3 rings (SSSR count). The van der Waals surface area contributed by atoms with Crippen LogP contribution < -0.4 is 14.9 Å². The van der Waals surface area contributed by atoms with E-state index in [2.05, 4.69) is 10.5 Å². The van der Waals surface area contributed by atoms with E-state index in [1.807, 2.05) is 37.3 Å². The number of hydrogen-bond acceptors (Lipinski definition) is 4. The van der Waals surface area contributed by atoms with Gasteiger partial charge in [-0.15, -0.1) is 0 Å². The molecule has 0 bridgehead atoms. The fourth-order valence-corrected chi connectivity index (χ4v) is 2.91. The summed E-state index contributed by atoms with van der Waals surface area (Å²) in [6.07, 6.45) is 1.54. The largest absolute Gasteiger partial charge is 0.490 e. The minimum absolute atomic E-state index is 0.324. The normalized spacial score (nSPS) is 10.8. The lowest BCUT2D eigenvalue weighted by Crippen LogP contribution is -2.17. The molecule has 0 saturated carbocycles. The van der Waals surface area contributed by atoms with E-state index in [1.54, 1.807) is 36.4 Å². The number of benzene rings is 3. The second-order valence-corrected chi connectivity index (χ2v) is 7.07. The van der Waals surface area contributed by atoms with Crippen LogP contribution in [0.25, 0.3) is 0 Å². The molecule has 0 saturated heterocycles. The number of nitrogens with zero attached hydrogens (tertiary/aromatic N) is 1. The summed E-state index contributed by atoms with van der Waals surface area (Å²) in [6, 6.07) is 19.5. The van der Waals surface area contributed by atoms with E-state index in [4.69, 9.17) is 32.7 Å². The lowest BCUT2D eigenvalue weighted by atomic mass is 10.2. The molecule has 0 aliphatic carbocycles. The van der Waals surface area contributed by atoms with E-state index in [0.717, 1.165) is 11.1 Å². The summed E-state index contributed by atoms with van der Waals surface area (Å²) >= 11 is 12.0. The molecule has 1 amide bonds.